The molecule has 1 atom stereocenters. The van der Waals surface area contributed by atoms with Crippen molar-refractivity contribution in [1.82, 2.24) is 15.1 Å². The van der Waals surface area contributed by atoms with Gasteiger partial charge in [-0.05, 0) is 38.6 Å². The van der Waals surface area contributed by atoms with Crippen molar-refractivity contribution in [3.05, 3.63) is 41.7 Å². The van der Waals surface area contributed by atoms with E-state index in [4.69, 9.17) is 9.47 Å². The summed E-state index contributed by atoms with van der Waals surface area (Å²) in [6, 6.07) is 8.26. The molecule has 0 spiro atoms. The quantitative estimate of drug-likeness (QED) is 0.888. The fourth-order valence-corrected chi connectivity index (χ4v) is 2.48. The van der Waals surface area contributed by atoms with Crippen molar-refractivity contribution in [3.8, 4) is 11.5 Å². The summed E-state index contributed by atoms with van der Waals surface area (Å²) >= 11 is 0. The average molecular weight is 289 g/mol. The van der Waals surface area contributed by atoms with Crippen LogP contribution in [0.15, 0.2) is 30.5 Å². The Kier molecular flexibility index (Phi) is 4.85. The number of aromatic nitrogens is 2. The van der Waals surface area contributed by atoms with Crippen LogP contribution in [-0.4, -0.2) is 31.0 Å². The molecule has 21 heavy (non-hydrogen) atoms. The zero-order chi connectivity index (χ0) is 15.4. The number of rotatable bonds is 6. The Morgan fingerprint density at radius 3 is 2.52 bits per heavy atom. The lowest BCUT2D eigenvalue weighted by Crippen LogP contribution is -2.23. The predicted molar refractivity (Wildman–Crippen MR) is 83.1 cm³/mol. The van der Waals surface area contributed by atoms with Crippen molar-refractivity contribution in [1.29, 1.82) is 0 Å². The molecule has 0 aliphatic heterocycles. The van der Waals surface area contributed by atoms with Gasteiger partial charge in [-0.2, -0.15) is 5.10 Å². The highest BCUT2D eigenvalue weighted by atomic mass is 16.5. The van der Waals surface area contributed by atoms with Gasteiger partial charge in [0.15, 0.2) is 5.75 Å². The molecule has 0 saturated heterocycles. The maximum absolute atomic E-state index is 5.48. The van der Waals surface area contributed by atoms with Crippen LogP contribution in [0.3, 0.4) is 0 Å². The summed E-state index contributed by atoms with van der Waals surface area (Å²) in [7, 11) is 5.27. The molecule has 1 heterocycles. The van der Waals surface area contributed by atoms with E-state index in [1.807, 2.05) is 29.9 Å². The molecule has 1 aromatic heterocycles. The van der Waals surface area contributed by atoms with E-state index in [0.29, 0.717) is 0 Å². The lowest BCUT2D eigenvalue weighted by molar-refractivity contribution is 0.395. The molecule has 1 aromatic carbocycles. The molecule has 0 aliphatic carbocycles. The van der Waals surface area contributed by atoms with E-state index in [-0.39, 0.29) is 12.1 Å². The van der Waals surface area contributed by atoms with E-state index < -0.39 is 0 Å². The molecule has 0 radical (unpaired) electrons. The molecule has 0 amide bonds. The lowest BCUT2D eigenvalue weighted by Gasteiger charge is -2.21. The Labute approximate surface area is 125 Å². The molecule has 1 unspecified atom stereocenters. The summed E-state index contributed by atoms with van der Waals surface area (Å²) < 4.78 is 12.8. The third-order valence-corrected chi connectivity index (χ3v) is 3.50. The minimum atomic E-state index is -0.0139. The number of nitrogens with one attached hydrogen (secondary N) is 1. The second kappa shape index (κ2) is 6.63. The Balaban J connectivity index is 2.52. The van der Waals surface area contributed by atoms with Crippen LogP contribution in [0.2, 0.25) is 0 Å². The number of hydrogen-bond acceptors (Lipinski definition) is 4. The summed E-state index contributed by atoms with van der Waals surface area (Å²) in [4.78, 5) is 0. The van der Waals surface area contributed by atoms with Gasteiger partial charge in [-0.15, -0.1) is 0 Å². The van der Waals surface area contributed by atoms with Gasteiger partial charge in [-0.1, -0.05) is 12.1 Å². The molecule has 1 N–H and O–H groups in total. The van der Waals surface area contributed by atoms with Gasteiger partial charge in [0.25, 0.3) is 0 Å². The molecule has 0 aliphatic rings. The second-order valence-electron chi connectivity index (χ2n) is 5.13. The van der Waals surface area contributed by atoms with Gasteiger partial charge in [0.1, 0.15) is 11.4 Å². The van der Waals surface area contributed by atoms with Gasteiger partial charge < -0.3 is 14.8 Å². The zero-order valence-corrected chi connectivity index (χ0v) is 13.3. The zero-order valence-electron chi connectivity index (χ0n) is 13.3. The summed E-state index contributed by atoms with van der Waals surface area (Å²) in [5.41, 5.74) is 2.13. The van der Waals surface area contributed by atoms with Crippen molar-refractivity contribution in [3.63, 3.8) is 0 Å². The van der Waals surface area contributed by atoms with Crippen LogP contribution in [0.4, 0.5) is 0 Å². The van der Waals surface area contributed by atoms with Crippen molar-refractivity contribution >= 4 is 0 Å². The van der Waals surface area contributed by atoms with Crippen LogP contribution in [0.1, 0.15) is 37.2 Å². The first kappa shape index (κ1) is 15.4. The molecule has 0 bridgehead atoms. The van der Waals surface area contributed by atoms with E-state index in [1.165, 1.54) is 0 Å². The van der Waals surface area contributed by atoms with Crippen LogP contribution in [0.5, 0.6) is 11.5 Å². The SMILES string of the molecule is CNC(c1cccc(OC)c1)c1c(OC)cnn1C(C)C. The van der Waals surface area contributed by atoms with Gasteiger partial charge in [0, 0.05) is 6.04 Å². The van der Waals surface area contributed by atoms with Gasteiger partial charge >= 0.3 is 0 Å². The second-order valence-corrected chi connectivity index (χ2v) is 5.13. The largest absolute Gasteiger partial charge is 0.497 e. The Morgan fingerprint density at radius 2 is 1.95 bits per heavy atom. The van der Waals surface area contributed by atoms with Gasteiger partial charge in [-0.25, -0.2) is 0 Å². The predicted octanol–water partition coefficient (Wildman–Crippen LogP) is 2.79. The van der Waals surface area contributed by atoms with Gasteiger partial charge in [-0.3, -0.25) is 4.68 Å². The van der Waals surface area contributed by atoms with Crippen molar-refractivity contribution < 1.29 is 9.47 Å². The van der Waals surface area contributed by atoms with E-state index in [2.05, 4.69) is 30.3 Å². The maximum atomic E-state index is 5.48. The first-order valence-corrected chi connectivity index (χ1v) is 7.05. The number of methoxy groups -OCH3 is 2. The third kappa shape index (κ3) is 3.03. The normalized spacial score (nSPS) is 12.5. The van der Waals surface area contributed by atoms with Crippen LogP contribution >= 0.6 is 0 Å². The number of benzene rings is 1. The highest BCUT2D eigenvalue weighted by Crippen LogP contribution is 2.32. The molecule has 2 aromatic rings. The molecule has 5 heteroatoms. The first-order chi connectivity index (χ1) is 10.1. The van der Waals surface area contributed by atoms with Gasteiger partial charge in [0.05, 0.1) is 26.5 Å². The van der Waals surface area contributed by atoms with Gasteiger partial charge in [0.2, 0.25) is 0 Å². The molecule has 0 saturated carbocycles. The third-order valence-electron chi connectivity index (χ3n) is 3.50. The van der Waals surface area contributed by atoms with Crippen molar-refractivity contribution in [2.45, 2.75) is 25.9 Å². The Bertz CT molecular complexity index is 593. The van der Waals surface area contributed by atoms with E-state index in [1.54, 1.807) is 20.4 Å². The maximum Gasteiger partial charge on any atom is 0.161 e. The van der Waals surface area contributed by atoms with Crippen LogP contribution in [0.25, 0.3) is 0 Å². The fraction of sp³-hybridized carbons (Fsp3) is 0.438. The number of ether oxygens (including phenoxy) is 2. The molecule has 2 rings (SSSR count). The fourth-order valence-electron chi connectivity index (χ4n) is 2.48. The highest BCUT2D eigenvalue weighted by Gasteiger charge is 2.23. The summed E-state index contributed by atoms with van der Waals surface area (Å²) in [5, 5.41) is 7.79. The Hall–Kier alpha value is -2.01. The molecular weight excluding hydrogens is 266 g/mol. The molecule has 0 fully saturated rings. The van der Waals surface area contributed by atoms with Crippen molar-refractivity contribution in [2.75, 3.05) is 21.3 Å². The van der Waals surface area contributed by atoms with Crippen molar-refractivity contribution in [2.24, 2.45) is 0 Å². The lowest BCUT2D eigenvalue weighted by atomic mass is 10.0. The summed E-state index contributed by atoms with van der Waals surface area (Å²) in [6.45, 7) is 4.21. The number of hydrogen-bond donors (Lipinski definition) is 1. The first-order valence-electron chi connectivity index (χ1n) is 7.05. The minimum absolute atomic E-state index is 0.0139. The monoisotopic (exact) mass is 289 g/mol. The number of nitrogens with zero attached hydrogens (tertiary/aromatic N) is 2. The van der Waals surface area contributed by atoms with Crippen LogP contribution in [-0.2, 0) is 0 Å². The van der Waals surface area contributed by atoms with E-state index in [0.717, 1.165) is 22.8 Å². The molecule has 114 valence electrons. The smallest absolute Gasteiger partial charge is 0.161 e. The summed E-state index contributed by atoms with van der Waals surface area (Å²) in [5.74, 6) is 1.62. The Morgan fingerprint density at radius 1 is 1.19 bits per heavy atom. The van der Waals surface area contributed by atoms with Crippen LogP contribution in [0, 0.1) is 0 Å². The minimum Gasteiger partial charge on any atom is -0.497 e. The molecule has 5 nitrogen and oxygen atoms in total. The topological polar surface area (TPSA) is 48.3 Å². The standard InChI is InChI=1S/C16H23N3O2/c1-11(2)19-16(14(21-5)10-18-19)15(17-3)12-7-6-8-13(9-12)20-4/h6-11,15,17H,1-5H3. The molecular formula is C16H23N3O2. The average Bonchev–Trinajstić information content (AvgIpc) is 2.92. The van der Waals surface area contributed by atoms with E-state index >= 15 is 0 Å². The summed E-state index contributed by atoms with van der Waals surface area (Å²) in [6.07, 6.45) is 1.76. The van der Waals surface area contributed by atoms with E-state index in [9.17, 15) is 0 Å². The highest BCUT2D eigenvalue weighted by molar-refractivity contribution is 5.39. The van der Waals surface area contributed by atoms with Crippen LogP contribution < -0.4 is 14.8 Å².